The van der Waals surface area contributed by atoms with E-state index in [2.05, 4.69) is 10.6 Å². The molecule has 0 spiro atoms. The predicted octanol–water partition coefficient (Wildman–Crippen LogP) is 1.50. The normalized spacial score (nSPS) is 16.8. The highest BCUT2D eigenvalue weighted by atomic mass is 19.1. The number of nitrogens with one attached hydrogen (secondary N) is 2. The SMILES string of the molecule is O=C(NCCO)NC1(c2ccc(F)cc2)CCC1. The standard InChI is InChI=1S/C13H17FN2O2/c14-11-4-2-10(3-5-11)13(6-1-7-13)16-12(18)15-8-9-17/h2-5,17H,1,6-9H2,(H2,15,16,18). The van der Waals surface area contributed by atoms with Crippen LogP contribution in [0.2, 0.25) is 0 Å². The Balaban J connectivity index is 2.06. The molecule has 18 heavy (non-hydrogen) atoms. The molecule has 3 N–H and O–H groups in total. The van der Waals surface area contributed by atoms with Crippen molar-refractivity contribution in [2.75, 3.05) is 13.2 Å². The van der Waals surface area contributed by atoms with Gasteiger partial charge in [0.1, 0.15) is 5.82 Å². The summed E-state index contributed by atoms with van der Waals surface area (Å²) < 4.78 is 12.9. The van der Waals surface area contributed by atoms with Crippen molar-refractivity contribution in [3.05, 3.63) is 35.6 Å². The summed E-state index contributed by atoms with van der Waals surface area (Å²) in [6.07, 6.45) is 2.74. The Morgan fingerprint density at radius 3 is 2.50 bits per heavy atom. The van der Waals surface area contributed by atoms with Crippen LogP contribution in [0.5, 0.6) is 0 Å². The molecule has 1 aromatic carbocycles. The maximum absolute atomic E-state index is 12.9. The molecule has 0 aromatic heterocycles. The van der Waals surface area contributed by atoms with Gasteiger partial charge in [-0.3, -0.25) is 0 Å². The van der Waals surface area contributed by atoms with E-state index in [1.54, 1.807) is 12.1 Å². The molecule has 0 aliphatic heterocycles. The van der Waals surface area contributed by atoms with Gasteiger partial charge < -0.3 is 15.7 Å². The van der Waals surface area contributed by atoms with Crippen LogP contribution in [-0.4, -0.2) is 24.3 Å². The molecule has 4 nitrogen and oxygen atoms in total. The van der Waals surface area contributed by atoms with Crippen molar-refractivity contribution in [1.82, 2.24) is 10.6 Å². The highest BCUT2D eigenvalue weighted by Crippen LogP contribution is 2.41. The quantitative estimate of drug-likeness (QED) is 0.760. The summed E-state index contributed by atoms with van der Waals surface area (Å²) in [5.41, 5.74) is 0.544. The number of carbonyl (C=O) groups excluding carboxylic acids is 1. The summed E-state index contributed by atoms with van der Waals surface area (Å²) in [6.45, 7) is 0.141. The van der Waals surface area contributed by atoms with E-state index in [4.69, 9.17) is 5.11 Å². The summed E-state index contributed by atoms with van der Waals surface area (Å²) in [5, 5.41) is 14.1. The molecule has 98 valence electrons. The lowest BCUT2D eigenvalue weighted by atomic mass is 9.72. The van der Waals surface area contributed by atoms with Crippen molar-refractivity contribution >= 4 is 6.03 Å². The fourth-order valence-corrected chi connectivity index (χ4v) is 2.22. The van der Waals surface area contributed by atoms with Gasteiger partial charge in [0.2, 0.25) is 0 Å². The fraction of sp³-hybridized carbons (Fsp3) is 0.462. The number of benzene rings is 1. The second-order valence-electron chi connectivity index (χ2n) is 4.55. The maximum Gasteiger partial charge on any atom is 0.315 e. The van der Waals surface area contributed by atoms with Gasteiger partial charge in [0.05, 0.1) is 12.1 Å². The van der Waals surface area contributed by atoms with Crippen LogP contribution in [0.4, 0.5) is 9.18 Å². The lowest BCUT2D eigenvalue weighted by Crippen LogP contribution is -2.54. The minimum Gasteiger partial charge on any atom is -0.395 e. The number of carbonyl (C=O) groups is 1. The van der Waals surface area contributed by atoms with E-state index in [1.807, 2.05) is 0 Å². The molecule has 0 atom stereocenters. The number of urea groups is 1. The van der Waals surface area contributed by atoms with Gasteiger partial charge in [-0.1, -0.05) is 12.1 Å². The number of hydrogen-bond acceptors (Lipinski definition) is 2. The first kappa shape index (κ1) is 12.8. The minimum atomic E-state index is -0.382. The second kappa shape index (κ2) is 5.35. The van der Waals surface area contributed by atoms with E-state index < -0.39 is 0 Å². The highest BCUT2D eigenvalue weighted by molar-refractivity contribution is 5.75. The van der Waals surface area contributed by atoms with Gasteiger partial charge in [0, 0.05) is 6.54 Å². The molecular formula is C13H17FN2O2. The Morgan fingerprint density at radius 2 is 2.00 bits per heavy atom. The van der Waals surface area contributed by atoms with Crippen LogP contribution in [0.15, 0.2) is 24.3 Å². The van der Waals surface area contributed by atoms with E-state index in [-0.39, 0.29) is 30.5 Å². The maximum atomic E-state index is 12.9. The van der Waals surface area contributed by atoms with Crippen molar-refractivity contribution < 1.29 is 14.3 Å². The number of aliphatic hydroxyl groups excluding tert-OH is 1. The molecular weight excluding hydrogens is 235 g/mol. The van der Waals surface area contributed by atoms with Crippen molar-refractivity contribution in [2.45, 2.75) is 24.8 Å². The molecule has 0 unspecified atom stereocenters. The Labute approximate surface area is 105 Å². The largest absolute Gasteiger partial charge is 0.395 e. The average molecular weight is 252 g/mol. The molecule has 0 bridgehead atoms. The number of halogens is 1. The summed E-state index contributed by atoms with van der Waals surface area (Å²) in [5.74, 6) is -0.280. The van der Waals surface area contributed by atoms with Gasteiger partial charge in [-0.2, -0.15) is 0 Å². The third-order valence-corrected chi connectivity index (χ3v) is 3.35. The second-order valence-corrected chi connectivity index (χ2v) is 4.55. The predicted molar refractivity (Wildman–Crippen MR) is 65.5 cm³/mol. The lowest BCUT2D eigenvalue weighted by molar-refractivity contribution is 0.175. The average Bonchev–Trinajstić information content (AvgIpc) is 2.32. The number of aliphatic hydroxyl groups is 1. The van der Waals surface area contributed by atoms with Crippen LogP contribution in [-0.2, 0) is 5.54 Å². The molecule has 2 rings (SSSR count). The van der Waals surface area contributed by atoms with Gasteiger partial charge in [-0.25, -0.2) is 9.18 Å². The topological polar surface area (TPSA) is 61.4 Å². The van der Waals surface area contributed by atoms with Gasteiger partial charge in [0.15, 0.2) is 0 Å². The molecule has 0 radical (unpaired) electrons. The van der Waals surface area contributed by atoms with Gasteiger partial charge in [0.25, 0.3) is 0 Å². The molecule has 1 fully saturated rings. The van der Waals surface area contributed by atoms with Gasteiger partial charge >= 0.3 is 6.03 Å². The first-order valence-electron chi connectivity index (χ1n) is 6.09. The number of hydrogen-bond donors (Lipinski definition) is 3. The number of rotatable bonds is 4. The van der Waals surface area contributed by atoms with Crippen LogP contribution < -0.4 is 10.6 Å². The third-order valence-electron chi connectivity index (χ3n) is 3.35. The number of amides is 2. The molecule has 1 aliphatic rings. The monoisotopic (exact) mass is 252 g/mol. The van der Waals surface area contributed by atoms with E-state index in [1.165, 1.54) is 12.1 Å². The molecule has 1 aliphatic carbocycles. The minimum absolute atomic E-state index is 0.0863. The van der Waals surface area contributed by atoms with Crippen molar-refractivity contribution in [3.8, 4) is 0 Å². The van der Waals surface area contributed by atoms with Crippen molar-refractivity contribution in [1.29, 1.82) is 0 Å². The molecule has 5 heteroatoms. The molecule has 0 saturated heterocycles. The lowest BCUT2D eigenvalue weighted by Gasteiger charge is -2.43. The van der Waals surface area contributed by atoms with E-state index in [0.29, 0.717) is 0 Å². The van der Waals surface area contributed by atoms with Gasteiger partial charge in [-0.15, -0.1) is 0 Å². The Bertz CT molecular complexity index is 416. The molecule has 1 saturated carbocycles. The van der Waals surface area contributed by atoms with Crippen LogP contribution in [0.1, 0.15) is 24.8 Å². The smallest absolute Gasteiger partial charge is 0.315 e. The zero-order valence-electron chi connectivity index (χ0n) is 10.1. The van der Waals surface area contributed by atoms with Crippen LogP contribution in [0.25, 0.3) is 0 Å². The van der Waals surface area contributed by atoms with E-state index in [0.717, 1.165) is 24.8 Å². The van der Waals surface area contributed by atoms with Crippen molar-refractivity contribution in [2.24, 2.45) is 0 Å². The summed E-state index contributed by atoms with van der Waals surface area (Å²) in [6, 6.07) is 5.93. The molecule has 0 heterocycles. The first-order valence-corrected chi connectivity index (χ1v) is 6.09. The zero-order valence-corrected chi connectivity index (χ0v) is 10.1. The first-order chi connectivity index (χ1) is 8.66. The Hall–Kier alpha value is -1.62. The van der Waals surface area contributed by atoms with Crippen LogP contribution >= 0.6 is 0 Å². The highest BCUT2D eigenvalue weighted by Gasteiger charge is 2.39. The molecule has 2 amide bonds. The zero-order chi connectivity index (χ0) is 13.0. The van der Waals surface area contributed by atoms with Crippen LogP contribution in [0.3, 0.4) is 0 Å². The molecule has 1 aromatic rings. The fourth-order valence-electron chi connectivity index (χ4n) is 2.22. The Kier molecular flexibility index (Phi) is 3.81. The summed E-state index contributed by atoms with van der Waals surface area (Å²) >= 11 is 0. The summed E-state index contributed by atoms with van der Waals surface area (Å²) in [7, 11) is 0. The summed E-state index contributed by atoms with van der Waals surface area (Å²) in [4.78, 5) is 11.6. The third kappa shape index (κ3) is 2.61. The van der Waals surface area contributed by atoms with Crippen molar-refractivity contribution in [3.63, 3.8) is 0 Å². The Morgan fingerprint density at radius 1 is 1.33 bits per heavy atom. The van der Waals surface area contributed by atoms with E-state index >= 15 is 0 Å². The van der Waals surface area contributed by atoms with Gasteiger partial charge in [-0.05, 0) is 37.0 Å². The van der Waals surface area contributed by atoms with Crippen LogP contribution in [0, 0.1) is 5.82 Å². The van der Waals surface area contributed by atoms with E-state index in [9.17, 15) is 9.18 Å².